The van der Waals surface area contributed by atoms with Crippen LogP contribution < -0.4 is 0 Å². The first-order valence-corrected chi connectivity index (χ1v) is 5.47. The Morgan fingerprint density at radius 3 is 2.91 bits per heavy atom. The van der Waals surface area contributed by atoms with Gasteiger partial charge < -0.3 is 0 Å². The van der Waals surface area contributed by atoms with E-state index in [0.717, 1.165) is 6.26 Å². The van der Waals surface area contributed by atoms with E-state index in [4.69, 9.17) is 0 Å². The molecule has 6 heteroatoms. The van der Waals surface area contributed by atoms with Gasteiger partial charge in [-0.25, -0.2) is 0 Å². The average Bonchev–Trinajstić information content (AvgIpc) is 2.32. The summed E-state index contributed by atoms with van der Waals surface area (Å²) in [6.07, 6.45) is 1.01. The molecule has 1 aromatic heterocycles. The average molecular weight is 193 g/mol. The summed E-state index contributed by atoms with van der Waals surface area (Å²) >= 11 is 1.27. The van der Waals surface area contributed by atoms with E-state index in [1.165, 1.54) is 11.5 Å². The highest BCUT2D eigenvalue weighted by atomic mass is 32.2. The lowest BCUT2D eigenvalue weighted by Crippen LogP contribution is -2.02. The van der Waals surface area contributed by atoms with Gasteiger partial charge in [-0.1, -0.05) is 0 Å². The second kappa shape index (κ2) is 3.29. The van der Waals surface area contributed by atoms with E-state index in [0.29, 0.717) is 5.69 Å². The van der Waals surface area contributed by atoms with Crippen molar-refractivity contribution in [2.24, 2.45) is 0 Å². The lowest BCUT2D eigenvalue weighted by molar-refractivity contribution is 0.308. The molecule has 4 nitrogen and oxygen atoms in total. The smallest absolute Gasteiger partial charge is 0.264 e. The predicted octanol–water partition coefficient (Wildman–Crippen LogP) is 0.619. The van der Waals surface area contributed by atoms with Crippen LogP contribution in [0.5, 0.6) is 0 Å². The first-order chi connectivity index (χ1) is 5.08. The highest BCUT2D eigenvalue weighted by Crippen LogP contribution is 2.02. The van der Waals surface area contributed by atoms with Gasteiger partial charge in [0, 0.05) is 5.38 Å². The van der Waals surface area contributed by atoms with Crippen molar-refractivity contribution in [3.8, 4) is 0 Å². The molecule has 0 bridgehead atoms. The van der Waals surface area contributed by atoms with Crippen LogP contribution in [0, 0.1) is 0 Å². The lowest BCUT2D eigenvalue weighted by Gasteiger charge is -1.95. The highest BCUT2D eigenvalue weighted by Gasteiger charge is 2.02. The number of hydrogen-bond acceptors (Lipinski definition) is 5. The second-order valence-electron chi connectivity index (χ2n) is 1.96. The lowest BCUT2D eigenvalue weighted by atomic mass is 10.5. The van der Waals surface area contributed by atoms with Gasteiger partial charge in [-0.2, -0.15) is 12.8 Å². The molecular weight excluding hydrogens is 186 g/mol. The Kier molecular flexibility index (Phi) is 2.58. The maximum absolute atomic E-state index is 10.5. The molecule has 0 radical (unpaired) electrons. The predicted molar refractivity (Wildman–Crippen MR) is 41.7 cm³/mol. The van der Waals surface area contributed by atoms with E-state index >= 15 is 0 Å². The molecule has 0 amide bonds. The summed E-state index contributed by atoms with van der Waals surface area (Å²) in [4.78, 5) is 0. The number of rotatable bonds is 3. The molecule has 1 rings (SSSR count). The van der Waals surface area contributed by atoms with Gasteiger partial charge in [0.05, 0.1) is 11.9 Å². The maximum Gasteiger partial charge on any atom is 0.264 e. The fourth-order valence-electron chi connectivity index (χ4n) is 0.479. The third-order valence-corrected chi connectivity index (χ3v) is 2.06. The first-order valence-electron chi connectivity index (χ1n) is 2.81. The third-order valence-electron chi connectivity index (χ3n) is 0.912. The van der Waals surface area contributed by atoms with Gasteiger partial charge in [-0.05, 0) is 17.6 Å². The van der Waals surface area contributed by atoms with Crippen LogP contribution in [0.1, 0.15) is 5.69 Å². The van der Waals surface area contributed by atoms with Gasteiger partial charge in [0.15, 0.2) is 0 Å². The van der Waals surface area contributed by atoms with Crippen molar-refractivity contribution in [1.82, 2.24) is 4.37 Å². The molecule has 1 aromatic rings. The quantitative estimate of drug-likeness (QED) is 0.660. The van der Waals surface area contributed by atoms with Crippen LogP contribution in [0.3, 0.4) is 0 Å². The molecule has 62 valence electrons. The van der Waals surface area contributed by atoms with Crippen molar-refractivity contribution in [1.29, 1.82) is 0 Å². The van der Waals surface area contributed by atoms with E-state index in [1.54, 1.807) is 11.4 Å². The molecule has 11 heavy (non-hydrogen) atoms. The summed E-state index contributed by atoms with van der Waals surface area (Å²) in [5.41, 5.74) is 0.639. The van der Waals surface area contributed by atoms with Gasteiger partial charge in [-0.15, -0.1) is 0 Å². The highest BCUT2D eigenvalue weighted by molar-refractivity contribution is 7.85. The fourth-order valence-corrected chi connectivity index (χ4v) is 1.34. The zero-order valence-electron chi connectivity index (χ0n) is 5.85. The standard InChI is InChI=1S/C5H7NO3S2/c1-11(7,8)9-4-5-2-3-10-6-5/h2-3H,4H2,1H3. The maximum atomic E-state index is 10.5. The van der Waals surface area contributed by atoms with Gasteiger partial charge in [0.2, 0.25) is 0 Å². The van der Waals surface area contributed by atoms with E-state index in [1.807, 2.05) is 0 Å². The van der Waals surface area contributed by atoms with Gasteiger partial charge >= 0.3 is 0 Å². The summed E-state index contributed by atoms with van der Waals surface area (Å²) < 4.78 is 29.3. The molecule has 0 atom stereocenters. The molecule has 0 spiro atoms. The van der Waals surface area contributed by atoms with Crippen LogP contribution in [-0.2, 0) is 20.9 Å². The van der Waals surface area contributed by atoms with Crippen LogP contribution in [0.25, 0.3) is 0 Å². The van der Waals surface area contributed by atoms with Gasteiger partial charge in [0.1, 0.15) is 6.61 Å². The molecule has 1 heterocycles. The largest absolute Gasteiger partial charge is 0.264 e. The van der Waals surface area contributed by atoms with E-state index in [-0.39, 0.29) is 6.61 Å². The summed E-state index contributed by atoms with van der Waals surface area (Å²) in [6.45, 7) is 0.0301. The second-order valence-corrected chi connectivity index (χ2v) is 4.27. The monoisotopic (exact) mass is 193 g/mol. The summed E-state index contributed by atoms with van der Waals surface area (Å²) in [7, 11) is -3.34. The Bertz CT molecular complexity index is 302. The topological polar surface area (TPSA) is 56.3 Å². The van der Waals surface area contributed by atoms with E-state index in [9.17, 15) is 8.42 Å². The molecule has 0 aliphatic heterocycles. The van der Waals surface area contributed by atoms with Crippen molar-refractivity contribution in [3.05, 3.63) is 17.1 Å². The summed E-state index contributed by atoms with van der Waals surface area (Å²) in [5, 5.41) is 1.76. The molecule has 0 unspecified atom stereocenters. The van der Waals surface area contributed by atoms with Crippen LogP contribution >= 0.6 is 11.5 Å². The number of aromatic nitrogens is 1. The Labute approximate surface area is 69.1 Å². The van der Waals surface area contributed by atoms with E-state index < -0.39 is 10.1 Å². The Hall–Kier alpha value is -0.460. The Morgan fingerprint density at radius 2 is 2.45 bits per heavy atom. The van der Waals surface area contributed by atoms with Gasteiger partial charge in [0.25, 0.3) is 10.1 Å². The van der Waals surface area contributed by atoms with Crippen molar-refractivity contribution in [2.75, 3.05) is 6.26 Å². The zero-order valence-corrected chi connectivity index (χ0v) is 7.48. The minimum atomic E-state index is -3.34. The van der Waals surface area contributed by atoms with Gasteiger partial charge in [-0.3, -0.25) is 4.18 Å². The molecule has 0 aliphatic rings. The molecule has 0 aliphatic carbocycles. The molecule has 0 N–H and O–H groups in total. The third kappa shape index (κ3) is 3.45. The van der Waals surface area contributed by atoms with E-state index in [2.05, 4.69) is 8.56 Å². The minimum Gasteiger partial charge on any atom is -0.264 e. The normalized spacial score (nSPS) is 11.7. The first kappa shape index (κ1) is 8.63. The van der Waals surface area contributed by atoms with Crippen molar-refractivity contribution in [3.63, 3.8) is 0 Å². The molecular formula is C5H7NO3S2. The van der Waals surface area contributed by atoms with Crippen molar-refractivity contribution >= 4 is 21.7 Å². The zero-order chi connectivity index (χ0) is 8.32. The Morgan fingerprint density at radius 1 is 1.73 bits per heavy atom. The van der Waals surface area contributed by atoms with Crippen LogP contribution in [-0.4, -0.2) is 19.0 Å². The SMILES string of the molecule is CS(=O)(=O)OCc1ccsn1. The van der Waals surface area contributed by atoms with Crippen molar-refractivity contribution < 1.29 is 12.6 Å². The van der Waals surface area contributed by atoms with Crippen LogP contribution in [0.2, 0.25) is 0 Å². The molecule has 0 fully saturated rings. The molecule has 0 saturated heterocycles. The summed E-state index contributed by atoms with van der Waals surface area (Å²) in [6, 6.07) is 1.72. The summed E-state index contributed by atoms with van der Waals surface area (Å²) in [5.74, 6) is 0. The minimum absolute atomic E-state index is 0.0301. The number of hydrogen-bond donors (Lipinski definition) is 0. The Balaban J connectivity index is 2.48. The van der Waals surface area contributed by atoms with Crippen LogP contribution in [0.15, 0.2) is 11.4 Å². The van der Waals surface area contributed by atoms with Crippen LogP contribution in [0.4, 0.5) is 0 Å². The molecule has 0 saturated carbocycles. The van der Waals surface area contributed by atoms with Crippen molar-refractivity contribution in [2.45, 2.75) is 6.61 Å². The number of nitrogens with zero attached hydrogens (tertiary/aromatic N) is 1. The molecule has 0 aromatic carbocycles. The fraction of sp³-hybridized carbons (Fsp3) is 0.400.